The van der Waals surface area contributed by atoms with Gasteiger partial charge in [0.25, 0.3) is 0 Å². The van der Waals surface area contributed by atoms with Crippen molar-refractivity contribution in [2.45, 2.75) is 0 Å². The summed E-state index contributed by atoms with van der Waals surface area (Å²) in [5.41, 5.74) is -1.48. The zero-order valence-electron chi connectivity index (χ0n) is 9.15. The quantitative estimate of drug-likeness (QED) is 0.786. The van der Waals surface area contributed by atoms with Crippen molar-refractivity contribution in [3.05, 3.63) is 41.2 Å². The van der Waals surface area contributed by atoms with Gasteiger partial charge in [0.1, 0.15) is 17.5 Å². The topological polar surface area (TPSA) is 103 Å². The van der Waals surface area contributed by atoms with Crippen LogP contribution in [0.2, 0.25) is 0 Å². The molecule has 0 bridgehead atoms. The Morgan fingerprint density at radius 1 is 1.05 bits per heavy atom. The number of H-pyrrole nitrogens is 1. The first kappa shape index (κ1) is 12.7. The Bertz CT molecular complexity index is 630. The standard InChI is InChI=1S/C11H6F2N2O4/c12-5-1-4(2-6(13)3-5)9-14-7(10(16)17)8(15-9)11(18)19/h1-3H,(H,14,15)(H,16,17)(H,18,19). The summed E-state index contributed by atoms with van der Waals surface area (Å²) in [6.07, 6.45) is 0. The number of aromatic nitrogens is 2. The number of rotatable bonds is 3. The maximum absolute atomic E-state index is 13.0. The molecule has 0 unspecified atom stereocenters. The molecule has 0 aliphatic carbocycles. The number of carboxylic acid groups (broad SMARTS) is 2. The van der Waals surface area contributed by atoms with Gasteiger partial charge in [-0.3, -0.25) is 0 Å². The van der Waals surface area contributed by atoms with Gasteiger partial charge in [-0.05, 0) is 12.1 Å². The van der Waals surface area contributed by atoms with E-state index < -0.39 is 35.0 Å². The summed E-state index contributed by atoms with van der Waals surface area (Å²) in [5.74, 6) is -5.11. The summed E-state index contributed by atoms with van der Waals surface area (Å²) in [6.45, 7) is 0. The van der Waals surface area contributed by atoms with Gasteiger partial charge in [0.05, 0.1) is 0 Å². The fourth-order valence-electron chi connectivity index (χ4n) is 1.51. The highest BCUT2D eigenvalue weighted by Crippen LogP contribution is 2.21. The number of carbonyl (C=O) groups is 2. The molecule has 6 nitrogen and oxygen atoms in total. The number of hydrogen-bond acceptors (Lipinski definition) is 3. The van der Waals surface area contributed by atoms with E-state index in [-0.39, 0.29) is 11.4 Å². The number of benzene rings is 1. The summed E-state index contributed by atoms with van der Waals surface area (Å²) in [5, 5.41) is 17.6. The predicted molar refractivity (Wildman–Crippen MR) is 57.9 cm³/mol. The first-order chi connectivity index (χ1) is 8.88. The molecule has 1 heterocycles. The highest BCUT2D eigenvalue weighted by atomic mass is 19.1. The zero-order valence-corrected chi connectivity index (χ0v) is 9.15. The molecule has 1 aromatic carbocycles. The monoisotopic (exact) mass is 268 g/mol. The Balaban J connectivity index is 2.60. The number of aromatic amines is 1. The molecule has 0 spiro atoms. The van der Waals surface area contributed by atoms with Crippen molar-refractivity contribution in [2.75, 3.05) is 0 Å². The third-order valence-electron chi connectivity index (χ3n) is 2.26. The minimum absolute atomic E-state index is 0.0903. The normalized spacial score (nSPS) is 10.4. The van der Waals surface area contributed by atoms with E-state index >= 15 is 0 Å². The molecule has 2 rings (SSSR count). The minimum atomic E-state index is -1.56. The van der Waals surface area contributed by atoms with E-state index in [4.69, 9.17) is 10.2 Å². The number of nitrogens with zero attached hydrogens (tertiary/aromatic N) is 1. The van der Waals surface area contributed by atoms with Crippen LogP contribution < -0.4 is 0 Å². The number of halogens is 2. The van der Waals surface area contributed by atoms with Gasteiger partial charge in [0, 0.05) is 11.6 Å². The van der Waals surface area contributed by atoms with Crippen molar-refractivity contribution >= 4 is 11.9 Å². The van der Waals surface area contributed by atoms with Gasteiger partial charge in [-0.2, -0.15) is 0 Å². The van der Waals surface area contributed by atoms with Gasteiger partial charge in [-0.15, -0.1) is 0 Å². The van der Waals surface area contributed by atoms with Crippen LogP contribution in [0.15, 0.2) is 18.2 Å². The SMILES string of the molecule is O=C(O)c1nc(-c2cc(F)cc(F)c2)[nH]c1C(=O)O. The van der Waals surface area contributed by atoms with Gasteiger partial charge in [-0.1, -0.05) is 0 Å². The highest BCUT2D eigenvalue weighted by molar-refractivity contribution is 5.99. The van der Waals surface area contributed by atoms with Gasteiger partial charge in [-0.25, -0.2) is 23.4 Å². The lowest BCUT2D eigenvalue weighted by Crippen LogP contribution is -2.07. The van der Waals surface area contributed by atoms with Crippen molar-refractivity contribution in [3.63, 3.8) is 0 Å². The molecule has 1 aromatic heterocycles. The van der Waals surface area contributed by atoms with Crippen LogP contribution in [0.5, 0.6) is 0 Å². The molecular weight excluding hydrogens is 262 g/mol. The lowest BCUT2D eigenvalue weighted by molar-refractivity contribution is 0.0644. The smallest absolute Gasteiger partial charge is 0.357 e. The van der Waals surface area contributed by atoms with Crippen LogP contribution in [0.4, 0.5) is 8.78 Å². The van der Waals surface area contributed by atoms with Crippen molar-refractivity contribution in [3.8, 4) is 11.4 Å². The third-order valence-corrected chi connectivity index (χ3v) is 2.26. The summed E-state index contributed by atoms with van der Waals surface area (Å²) >= 11 is 0. The van der Waals surface area contributed by atoms with Crippen LogP contribution in [0.3, 0.4) is 0 Å². The van der Waals surface area contributed by atoms with Gasteiger partial charge in [0.2, 0.25) is 0 Å². The summed E-state index contributed by atoms with van der Waals surface area (Å²) in [4.78, 5) is 27.4. The number of nitrogens with one attached hydrogen (secondary N) is 1. The largest absolute Gasteiger partial charge is 0.477 e. The van der Waals surface area contributed by atoms with Crippen LogP contribution in [0.1, 0.15) is 21.0 Å². The molecule has 3 N–H and O–H groups in total. The van der Waals surface area contributed by atoms with Gasteiger partial charge >= 0.3 is 11.9 Å². The zero-order chi connectivity index (χ0) is 14.2. The van der Waals surface area contributed by atoms with Crippen molar-refractivity contribution in [1.29, 1.82) is 0 Å². The van der Waals surface area contributed by atoms with E-state index in [1.165, 1.54) is 0 Å². The number of carboxylic acids is 2. The molecule has 0 fully saturated rings. The lowest BCUT2D eigenvalue weighted by atomic mass is 10.2. The van der Waals surface area contributed by atoms with E-state index in [0.717, 1.165) is 12.1 Å². The van der Waals surface area contributed by atoms with E-state index in [2.05, 4.69) is 9.97 Å². The first-order valence-corrected chi connectivity index (χ1v) is 4.91. The van der Waals surface area contributed by atoms with Crippen LogP contribution in [-0.2, 0) is 0 Å². The fraction of sp³-hybridized carbons (Fsp3) is 0. The Kier molecular flexibility index (Phi) is 2.99. The van der Waals surface area contributed by atoms with E-state index in [0.29, 0.717) is 6.07 Å². The second-order valence-electron chi connectivity index (χ2n) is 3.58. The van der Waals surface area contributed by atoms with Crippen LogP contribution >= 0.6 is 0 Å². The Labute approximate surface area is 104 Å². The molecule has 8 heteroatoms. The average Bonchev–Trinajstić information content (AvgIpc) is 2.72. The summed E-state index contributed by atoms with van der Waals surface area (Å²) in [6, 6.07) is 2.43. The molecule has 0 atom stereocenters. The molecule has 0 aliphatic rings. The molecule has 19 heavy (non-hydrogen) atoms. The van der Waals surface area contributed by atoms with Gasteiger partial charge in [0.15, 0.2) is 11.4 Å². The molecule has 2 aromatic rings. The van der Waals surface area contributed by atoms with Crippen LogP contribution in [0, 0.1) is 11.6 Å². The lowest BCUT2D eigenvalue weighted by Gasteiger charge is -1.97. The third kappa shape index (κ3) is 2.41. The second-order valence-corrected chi connectivity index (χ2v) is 3.58. The van der Waals surface area contributed by atoms with Crippen molar-refractivity contribution in [1.82, 2.24) is 9.97 Å². The van der Waals surface area contributed by atoms with E-state index in [9.17, 15) is 18.4 Å². The second kappa shape index (κ2) is 4.48. The Morgan fingerprint density at radius 3 is 2.05 bits per heavy atom. The predicted octanol–water partition coefficient (Wildman–Crippen LogP) is 1.75. The fourth-order valence-corrected chi connectivity index (χ4v) is 1.51. The molecule has 0 aliphatic heterocycles. The maximum Gasteiger partial charge on any atom is 0.357 e. The molecular formula is C11H6F2N2O4. The molecule has 0 saturated heterocycles. The number of imidazole rings is 1. The van der Waals surface area contributed by atoms with Crippen LogP contribution in [-0.4, -0.2) is 32.1 Å². The summed E-state index contributed by atoms with van der Waals surface area (Å²) in [7, 11) is 0. The average molecular weight is 268 g/mol. The first-order valence-electron chi connectivity index (χ1n) is 4.91. The number of aromatic carboxylic acids is 2. The molecule has 0 amide bonds. The molecule has 0 radical (unpaired) electrons. The summed E-state index contributed by atoms with van der Waals surface area (Å²) < 4.78 is 26.0. The number of hydrogen-bond donors (Lipinski definition) is 3. The van der Waals surface area contributed by atoms with Crippen molar-refractivity contribution < 1.29 is 28.6 Å². The molecule has 98 valence electrons. The maximum atomic E-state index is 13.0. The molecule has 0 saturated carbocycles. The van der Waals surface area contributed by atoms with E-state index in [1.54, 1.807) is 0 Å². The van der Waals surface area contributed by atoms with Crippen LogP contribution in [0.25, 0.3) is 11.4 Å². The Hall–Kier alpha value is -2.77. The van der Waals surface area contributed by atoms with Gasteiger partial charge < -0.3 is 15.2 Å². The Morgan fingerprint density at radius 2 is 1.63 bits per heavy atom. The minimum Gasteiger partial charge on any atom is -0.477 e. The highest BCUT2D eigenvalue weighted by Gasteiger charge is 2.22. The van der Waals surface area contributed by atoms with E-state index in [1.807, 2.05) is 0 Å². The van der Waals surface area contributed by atoms with Crippen molar-refractivity contribution in [2.24, 2.45) is 0 Å².